The predicted molar refractivity (Wildman–Crippen MR) is 65.5 cm³/mol. The van der Waals surface area contributed by atoms with E-state index in [1.807, 2.05) is 0 Å². The highest BCUT2D eigenvalue weighted by molar-refractivity contribution is 5.72. The molecule has 0 amide bonds. The van der Waals surface area contributed by atoms with Gasteiger partial charge in [0.05, 0.1) is 12.0 Å². The number of rotatable bonds is 2. The Labute approximate surface area is 104 Å². The van der Waals surface area contributed by atoms with Crippen LogP contribution in [0.3, 0.4) is 0 Å². The van der Waals surface area contributed by atoms with Gasteiger partial charge in [0.15, 0.2) is 0 Å². The van der Waals surface area contributed by atoms with E-state index in [0.29, 0.717) is 0 Å². The van der Waals surface area contributed by atoms with Gasteiger partial charge in [-0.2, -0.15) is 0 Å². The molecule has 98 valence electrons. The first-order valence-electron chi connectivity index (χ1n) is 7.03. The zero-order valence-electron chi connectivity index (χ0n) is 10.7. The zero-order valence-corrected chi connectivity index (χ0v) is 10.7. The second-order valence-electron chi connectivity index (χ2n) is 5.82. The van der Waals surface area contributed by atoms with Crippen molar-refractivity contribution in [3.8, 4) is 0 Å². The Balaban J connectivity index is 1.73. The second kappa shape index (κ2) is 5.85. The Hall–Kier alpha value is -0.570. The number of carbonyl (C=O) groups is 1. The van der Waals surface area contributed by atoms with Gasteiger partial charge in [-0.1, -0.05) is 6.92 Å². The van der Waals surface area contributed by atoms with Crippen molar-refractivity contribution in [2.45, 2.75) is 70.5 Å². The maximum atomic E-state index is 12.0. The lowest BCUT2D eigenvalue weighted by Gasteiger charge is -2.29. The molecule has 0 aromatic carbocycles. The van der Waals surface area contributed by atoms with Gasteiger partial charge in [0.2, 0.25) is 0 Å². The van der Waals surface area contributed by atoms with Crippen molar-refractivity contribution in [3.05, 3.63) is 0 Å². The van der Waals surface area contributed by atoms with Gasteiger partial charge in [0.25, 0.3) is 0 Å². The molecule has 0 atom stereocenters. The predicted octanol–water partition coefficient (Wildman–Crippen LogP) is 2.66. The highest BCUT2D eigenvalue weighted by Gasteiger charge is 2.29. The first-order chi connectivity index (χ1) is 8.15. The average Bonchev–Trinajstić information content (AvgIpc) is 2.33. The van der Waals surface area contributed by atoms with Crippen molar-refractivity contribution in [2.24, 2.45) is 11.8 Å². The lowest BCUT2D eigenvalue weighted by Crippen LogP contribution is -2.30. The molecule has 0 bridgehead atoms. The van der Waals surface area contributed by atoms with E-state index in [-0.39, 0.29) is 24.1 Å². The molecule has 0 aliphatic heterocycles. The summed E-state index contributed by atoms with van der Waals surface area (Å²) in [4.78, 5) is 12.0. The van der Waals surface area contributed by atoms with E-state index in [1.54, 1.807) is 0 Å². The minimum atomic E-state index is -0.199. The fourth-order valence-electron chi connectivity index (χ4n) is 2.92. The molecule has 2 aliphatic carbocycles. The highest BCUT2D eigenvalue weighted by Crippen LogP contribution is 2.29. The van der Waals surface area contributed by atoms with E-state index < -0.39 is 0 Å². The normalized spacial score (nSPS) is 38.7. The minimum absolute atomic E-state index is 0.0172. The Morgan fingerprint density at radius 3 is 2.18 bits per heavy atom. The van der Waals surface area contributed by atoms with Gasteiger partial charge < -0.3 is 9.84 Å². The lowest BCUT2D eigenvalue weighted by atomic mass is 9.86. The van der Waals surface area contributed by atoms with Gasteiger partial charge in [-0.15, -0.1) is 0 Å². The van der Waals surface area contributed by atoms with Crippen LogP contribution < -0.4 is 0 Å². The van der Waals surface area contributed by atoms with E-state index in [2.05, 4.69) is 6.92 Å². The monoisotopic (exact) mass is 240 g/mol. The number of aliphatic hydroxyl groups is 1. The summed E-state index contributed by atoms with van der Waals surface area (Å²) < 4.78 is 5.59. The van der Waals surface area contributed by atoms with Gasteiger partial charge in [-0.25, -0.2) is 0 Å². The molecule has 2 saturated carbocycles. The van der Waals surface area contributed by atoms with Crippen LogP contribution in [-0.4, -0.2) is 23.3 Å². The molecule has 2 aliphatic rings. The van der Waals surface area contributed by atoms with E-state index >= 15 is 0 Å². The number of aliphatic hydroxyl groups excluding tert-OH is 1. The summed E-state index contributed by atoms with van der Waals surface area (Å²) in [6.45, 7) is 2.26. The molecule has 0 saturated heterocycles. The summed E-state index contributed by atoms with van der Waals surface area (Å²) >= 11 is 0. The third kappa shape index (κ3) is 3.70. The molecular formula is C14H24O3. The van der Waals surface area contributed by atoms with Gasteiger partial charge >= 0.3 is 5.97 Å². The van der Waals surface area contributed by atoms with Gasteiger partial charge in [-0.05, 0) is 57.3 Å². The molecule has 0 spiro atoms. The number of carbonyl (C=O) groups excluding carboxylic acids is 1. The van der Waals surface area contributed by atoms with Crippen molar-refractivity contribution in [1.82, 2.24) is 0 Å². The van der Waals surface area contributed by atoms with Crippen molar-refractivity contribution >= 4 is 5.97 Å². The maximum Gasteiger partial charge on any atom is 0.309 e. The van der Waals surface area contributed by atoms with Crippen LogP contribution in [0.15, 0.2) is 0 Å². The summed E-state index contributed by atoms with van der Waals surface area (Å²) in [5, 5.41) is 9.41. The largest absolute Gasteiger partial charge is 0.462 e. The molecule has 0 unspecified atom stereocenters. The molecular weight excluding hydrogens is 216 g/mol. The SMILES string of the molecule is CC1CCC(OC(=O)C2CCC(O)CC2)CC1. The summed E-state index contributed by atoms with van der Waals surface area (Å²) in [6, 6.07) is 0. The van der Waals surface area contributed by atoms with Gasteiger partial charge in [0, 0.05) is 0 Å². The fourth-order valence-corrected chi connectivity index (χ4v) is 2.92. The van der Waals surface area contributed by atoms with Crippen LogP contribution >= 0.6 is 0 Å². The van der Waals surface area contributed by atoms with Crippen molar-refractivity contribution in [3.63, 3.8) is 0 Å². The number of ether oxygens (including phenoxy) is 1. The third-order valence-electron chi connectivity index (χ3n) is 4.28. The van der Waals surface area contributed by atoms with E-state index in [0.717, 1.165) is 44.4 Å². The third-order valence-corrected chi connectivity index (χ3v) is 4.28. The first-order valence-corrected chi connectivity index (χ1v) is 7.03. The minimum Gasteiger partial charge on any atom is -0.462 e. The lowest BCUT2D eigenvalue weighted by molar-refractivity contribution is -0.157. The van der Waals surface area contributed by atoms with Crippen LogP contribution in [0.1, 0.15) is 58.3 Å². The highest BCUT2D eigenvalue weighted by atomic mass is 16.5. The van der Waals surface area contributed by atoms with Crippen molar-refractivity contribution < 1.29 is 14.6 Å². The summed E-state index contributed by atoms with van der Waals surface area (Å²) in [5.41, 5.74) is 0. The summed E-state index contributed by atoms with van der Waals surface area (Å²) in [6.07, 6.45) is 7.47. The Morgan fingerprint density at radius 2 is 1.59 bits per heavy atom. The standard InChI is InChI=1S/C14H24O3/c1-10-2-8-13(9-3-10)17-14(16)11-4-6-12(15)7-5-11/h10-13,15H,2-9H2,1H3. The summed E-state index contributed by atoms with van der Waals surface area (Å²) in [5.74, 6) is 0.809. The number of hydrogen-bond donors (Lipinski definition) is 1. The van der Waals surface area contributed by atoms with Crippen LogP contribution in [0.25, 0.3) is 0 Å². The van der Waals surface area contributed by atoms with E-state index in [9.17, 15) is 9.90 Å². The van der Waals surface area contributed by atoms with Gasteiger partial charge in [-0.3, -0.25) is 4.79 Å². The maximum absolute atomic E-state index is 12.0. The molecule has 3 heteroatoms. The Bertz CT molecular complexity index is 248. The van der Waals surface area contributed by atoms with Crippen molar-refractivity contribution in [1.29, 1.82) is 0 Å². The zero-order chi connectivity index (χ0) is 12.3. The van der Waals surface area contributed by atoms with Crippen LogP contribution in [0.5, 0.6) is 0 Å². The molecule has 0 aromatic rings. The van der Waals surface area contributed by atoms with Crippen LogP contribution in [0.2, 0.25) is 0 Å². The topological polar surface area (TPSA) is 46.5 Å². The first kappa shape index (κ1) is 12.9. The Morgan fingerprint density at radius 1 is 1.00 bits per heavy atom. The van der Waals surface area contributed by atoms with Crippen LogP contribution in [-0.2, 0) is 9.53 Å². The molecule has 17 heavy (non-hydrogen) atoms. The molecule has 2 fully saturated rings. The number of esters is 1. The molecule has 3 nitrogen and oxygen atoms in total. The fraction of sp³-hybridized carbons (Fsp3) is 0.929. The molecule has 2 rings (SSSR count). The van der Waals surface area contributed by atoms with Gasteiger partial charge in [0.1, 0.15) is 6.10 Å². The molecule has 0 aromatic heterocycles. The summed E-state index contributed by atoms with van der Waals surface area (Å²) in [7, 11) is 0. The quantitative estimate of drug-likeness (QED) is 0.755. The number of hydrogen-bond acceptors (Lipinski definition) is 3. The second-order valence-corrected chi connectivity index (χ2v) is 5.82. The van der Waals surface area contributed by atoms with Crippen molar-refractivity contribution in [2.75, 3.05) is 0 Å². The molecule has 0 heterocycles. The Kier molecular flexibility index (Phi) is 4.43. The van der Waals surface area contributed by atoms with Crippen LogP contribution in [0.4, 0.5) is 0 Å². The smallest absolute Gasteiger partial charge is 0.309 e. The average molecular weight is 240 g/mol. The van der Waals surface area contributed by atoms with Crippen LogP contribution in [0, 0.1) is 11.8 Å². The van der Waals surface area contributed by atoms with E-state index in [1.165, 1.54) is 12.8 Å². The van der Waals surface area contributed by atoms with E-state index in [4.69, 9.17) is 4.74 Å². The molecule has 0 radical (unpaired) electrons. The molecule has 1 N–H and O–H groups in total.